The number of rotatable bonds is 8. The van der Waals surface area contributed by atoms with Crippen molar-refractivity contribution in [3.05, 3.63) is 0 Å². The van der Waals surface area contributed by atoms with Crippen LogP contribution in [-0.4, -0.2) is 36.1 Å². The van der Waals surface area contributed by atoms with E-state index in [0.29, 0.717) is 0 Å². The van der Waals surface area contributed by atoms with Crippen molar-refractivity contribution in [1.29, 1.82) is 0 Å². The fourth-order valence-corrected chi connectivity index (χ4v) is 3.36. The molecule has 2 nitrogen and oxygen atoms in total. The highest BCUT2D eigenvalue weighted by molar-refractivity contribution is 4.87. The summed E-state index contributed by atoms with van der Waals surface area (Å²) in [5.74, 6) is 0.769. The number of hydrogen-bond donors (Lipinski definition) is 1. The topological polar surface area (TPSA) is 15.3 Å². The van der Waals surface area contributed by atoms with Crippen LogP contribution in [0.15, 0.2) is 0 Å². The van der Waals surface area contributed by atoms with Crippen LogP contribution in [-0.2, 0) is 0 Å². The van der Waals surface area contributed by atoms with Gasteiger partial charge in [0.2, 0.25) is 0 Å². The molecule has 0 amide bonds. The molecule has 1 heterocycles. The van der Waals surface area contributed by atoms with Crippen molar-refractivity contribution >= 4 is 0 Å². The number of hydrogen-bond acceptors (Lipinski definition) is 2. The van der Waals surface area contributed by atoms with Crippen molar-refractivity contribution in [2.45, 2.75) is 84.8 Å². The molecule has 0 aromatic heterocycles. The normalized spacial score (nSPS) is 27.0. The Kier molecular flexibility index (Phi) is 7.25. The average molecular weight is 254 g/mol. The number of likely N-dealkylation sites (tertiary alicyclic amines) is 1. The second-order valence-corrected chi connectivity index (χ2v) is 6.52. The van der Waals surface area contributed by atoms with Crippen molar-refractivity contribution < 1.29 is 0 Å². The molecule has 0 saturated carbocycles. The number of nitrogens with zero attached hydrogens (tertiary/aromatic N) is 1. The molecule has 0 bridgehead atoms. The van der Waals surface area contributed by atoms with E-state index >= 15 is 0 Å². The van der Waals surface area contributed by atoms with E-state index < -0.39 is 0 Å². The number of nitrogens with one attached hydrogen (secondary N) is 1. The third kappa shape index (κ3) is 4.89. The Morgan fingerprint density at radius 1 is 1.22 bits per heavy atom. The molecule has 0 spiro atoms. The second-order valence-electron chi connectivity index (χ2n) is 6.52. The molecule has 2 heteroatoms. The van der Waals surface area contributed by atoms with Crippen LogP contribution < -0.4 is 5.32 Å². The Labute approximate surface area is 115 Å². The smallest absolute Gasteiger partial charge is 0.00988 e. The van der Waals surface area contributed by atoms with E-state index in [1.165, 1.54) is 38.6 Å². The maximum Gasteiger partial charge on any atom is 0.00988 e. The molecule has 18 heavy (non-hydrogen) atoms. The summed E-state index contributed by atoms with van der Waals surface area (Å²) in [7, 11) is 0. The van der Waals surface area contributed by atoms with Crippen molar-refractivity contribution in [1.82, 2.24) is 10.2 Å². The predicted octanol–water partition coefficient (Wildman–Crippen LogP) is 3.66. The zero-order chi connectivity index (χ0) is 13.5. The van der Waals surface area contributed by atoms with E-state index in [0.717, 1.165) is 30.6 Å². The summed E-state index contributed by atoms with van der Waals surface area (Å²) in [4.78, 5) is 2.78. The molecule has 1 aliphatic heterocycles. The largest absolute Gasteiger partial charge is 0.316 e. The van der Waals surface area contributed by atoms with Crippen molar-refractivity contribution in [2.24, 2.45) is 5.92 Å². The summed E-state index contributed by atoms with van der Waals surface area (Å²) in [6.07, 6.45) is 6.78. The van der Waals surface area contributed by atoms with Crippen LogP contribution in [0.4, 0.5) is 0 Å². The van der Waals surface area contributed by atoms with E-state index in [1.807, 2.05) is 0 Å². The lowest BCUT2D eigenvalue weighted by Gasteiger charge is -2.34. The summed E-state index contributed by atoms with van der Waals surface area (Å²) in [6.45, 7) is 14.1. The lowest BCUT2D eigenvalue weighted by atomic mass is 10.1. The van der Waals surface area contributed by atoms with E-state index in [1.54, 1.807) is 0 Å². The van der Waals surface area contributed by atoms with Gasteiger partial charge in [0.15, 0.2) is 0 Å². The Balaban J connectivity index is 2.21. The van der Waals surface area contributed by atoms with Crippen molar-refractivity contribution in [3.8, 4) is 0 Å². The highest BCUT2D eigenvalue weighted by atomic mass is 15.2. The molecule has 108 valence electrons. The molecule has 3 unspecified atom stereocenters. The lowest BCUT2D eigenvalue weighted by molar-refractivity contribution is 0.135. The van der Waals surface area contributed by atoms with Crippen molar-refractivity contribution in [2.75, 3.05) is 13.1 Å². The fourth-order valence-electron chi connectivity index (χ4n) is 3.36. The lowest BCUT2D eigenvalue weighted by Crippen LogP contribution is -2.41. The molecule has 0 aromatic rings. The molecule has 0 radical (unpaired) electrons. The molecule has 1 saturated heterocycles. The van der Waals surface area contributed by atoms with Crippen molar-refractivity contribution in [3.63, 3.8) is 0 Å². The first-order valence-corrected chi connectivity index (χ1v) is 8.04. The minimum Gasteiger partial charge on any atom is -0.316 e. The van der Waals surface area contributed by atoms with Crippen LogP contribution in [0, 0.1) is 5.92 Å². The van der Waals surface area contributed by atoms with Gasteiger partial charge in [-0.05, 0) is 65.0 Å². The van der Waals surface area contributed by atoms with Crippen LogP contribution in [0.3, 0.4) is 0 Å². The minimum atomic E-state index is 0.758. The van der Waals surface area contributed by atoms with Gasteiger partial charge in [-0.15, -0.1) is 0 Å². The molecule has 1 aliphatic rings. The van der Waals surface area contributed by atoms with E-state index in [4.69, 9.17) is 0 Å². The van der Waals surface area contributed by atoms with Gasteiger partial charge in [0, 0.05) is 18.1 Å². The monoisotopic (exact) mass is 254 g/mol. The van der Waals surface area contributed by atoms with Gasteiger partial charge in [-0.1, -0.05) is 20.8 Å². The van der Waals surface area contributed by atoms with E-state index in [2.05, 4.69) is 44.8 Å². The molecule has 3 atom stereocenters. The Hall–Kier alpha value is -0.0800. The molecular formula is C16H34N2. The zero-order valence-electron chi connectivity index (χ0n) is 13.2. The van der Waals surface area contributed by atoms with Crippen LogP contribution in [0.2, 0.25) is 0 Å². The van der Waals surface area contributed by atoms with E-state index in [-0.39, 0.29) is 0 Å². The maximum atomic E-state index is 3.55. The Bertz CT molecular complexity index is 215. The third-order valence-electron chi connectivity index (χ3n) is 4.36. The molecule has 1 rings (SSSR count). The highest BCUT2D eigenvalue weighted by Crippen LogP contribution is 2.29. The SMILES string of the molecule is CCC1CCC(C)N1C(C)CCCNCC(C)C. The minimum absolute atomic E-state index is 0.758. The maximum absolute atomic E-state index is 3.55. The van der Waals surface area contributed by atoms with Crippen LogP contribution in [0.25, 0.3) is 0 Å². The zero-order valence-corrected chi connectivity index (χ0v) is 13.2. The summed E-state index contributed by atoms with van der Waals surface area (Å²) in [5.41, 5.74) is 0. The molecule has 1 fully saturated rings. The molecule has 1 N–H and O–H groups in total. The van der Waals surface area contributed by atoms with Gasteiger partial charge >= 0.3 is 0 Å². The van der Waals surface area contributed by atoms with Gasteiger partial charge in [0.1, 0.15) is 0 Å². The third-order valence-corrected chi connectivity index (χ3v) is 4.36. The summed E-state index contributed by atoms with van der Waals surface area (Å²) in [5, 5.41) is 3.55. The quantitative estimate of drug-likeness (QED) is 0.665. The standard InChI is InChI=1S/C16H34N2/c1-6-16-10-9-15(5)18(16)14(4)8-7-11-17-12-13(2)3/h13-17H,6-12H2,1-5H3. The van der Waals surface area contributed by atoms with Gasteiger partial charge in [0.05, 0.1) is 0 Å². The van der Waals surface area contributed by atoms with Crippen LogP contribution >= 0.6 is 0 Å². The molecule has 0 aliphatic carbocycles. The van der Waals surface area contributed by atoms with Gasteiger partial charge in [0.25, 0.3) is 0 Å². The van der Waals surface area contributed by atoms with Gasteiger partial charge in [-0.25, -0.2) is 0 Å². The van der Waals surface area contributed by atoms with Gasteiger partial charge in [-0.2, -0.15) is 0 Å². The summed E-state index contributed by atoms with van der Waals surface area (Å²) in [6, 6.07) is 2.40. The van der Waals surface area contributed by atoms with Crippen LogP contribution in [0.5, 0.6) is 0 Å². The first kappa shape index (κ1) is 16.0. The van der Waals surface area contributed by atoms with Crippen LogP contribution in [0.1, 0.15) is 66.7 Å². The first-order valence-electron chi connectivity index (χ1n) is 8.04. The highest BCUT2D eigenvalue weighted by Gasteiger charge is 2.32. The predicted molar refractivity (Wildman–Crippen MR) is 81.0 cm³/mol. The molecule has 0 aromatic carbocycles. The summed E-state index contributed by atoms with van der Waals surface area (Å²) >= 11 is 0. The average Bonchev–Trinajstić information content (AvgIpc) is 2.69. The van der Waals surface area contributed by atoms with E-state index in [9.17, 15) is 0 Å². The van der Waals surface area contributed by atoms with Gasteiger partial charge < -0.3 is 5.32 Å². The Morgan fingerprint density at radius 3 is 2.56 bits per heavy atom. The second kappa shape index (κ2) is 8.16. The fraction of sp³-hybridized carbons (Fsp3) is 1.00. The summed E-state index contributed by atoms with van der Waals surface area (Å²) < 4.78 is 0. The molecular weight excluding hydrogens is 220 g/mol. The van der Waals surface area contributed by atoms with Gasteiger partial charge in [-0.3, -0.25) is 4.90 Å². The first-order chi connectivity index (χ1) is 8.56. The Morgan fingerprint density at radius 2 is 1.94 bits per heavy atom.